The van der Waals surface area contributed by atoms with Crippen LogP contribution in [0.5, 0.6) is 0 Å². The lowest BCUT2D eigenvalue weighted by Gasteiger charge is -2.24. The highest BCUT2D eigenvalue weighted by Gasteiger charge is 2.17. The van der Waals surface area contributed by atoms with Gasteiger partial charge >= 0.3 is 0 Å². The van der Waals surface area contributed by atoms with Crippen molar-refractivity contribution in [2.75, 3.05) is 33.3 Å². The van der Waals surface area contributed by atoms with E-state index in [-0.39, 0.29) is 24.0 Å². The molecule has 0 aromatic heterocycles. The topological polar surface area (TPSA) is 36.9 Å². The minimum atomic E-state index is 0. The molecule has 0 aliphatic carbocycles. The van der Waals surface area contributed by atoms with Crippen LogP contribution >= 0.6 is 24.0 Å². The van der Waals surface area contributed by atoms with Gasteiger partial charge in [0.15, 0.2) is 5.96 Å². The van der Waals surface area contributed by atoms with Crippen LogP contribution in [-0.2, 0) is 4.74 Å². The molecule has 0 saturated carbocycles. The molecular weight excluding hydrogens is 353 g/mol. The van der Waals surface area contributed by atoms with Crippen molar-refractivity contribution < 1.29 is 4.74 Å². The molecule has 1 saturated heterocycles. The Kier molecular flexibility index (Phi) is 10.7. The highest BCUT2D eigenvalue weighted by Crippen LogP contribution is 2.11. The van der Waals surface area contributed by atoms with E-state index in [1.165, 1.54) is 12.8 Å². The van der Waals surface area contributed by atoms with Crippen LogP contribution in [0.25, 0.3) is 0 Å². The minimum Gasteiger partial charge on any atom is -0.378 e. The largest absolute Gasteiger partial charge is 0.378 e. The number of nitrogens with zero attached hydrogens (tertiary/aromatic N) is 2. The van der Waals surface area contributed by atoms with Gasteiger partial charge in [0.2, 0.25) is 0 Å². The molecule has 1 rings (SSSR count). The fourth-order valence-electron chi connectivity index (χ4n) is 2.41. The van der Waals surface area contributed by atoms with Crippen LogP contribution in [-0.4, -0.2) is 50.3 Å². The lowest BCUT2D eigenvalue weighted by atomic mass is 10.0. The average Bonchev–Trinajstić information content (AvgIpc) is 2.86. The quantitative estimate of drug-likeness (QED) is 0.435. The molecule has 5 heteroatoms. The maximum absolute atomic E-state index is 5.75. The molecule has 1 fully saturated rings. The van der Waals surface area contributed by atoms with Gasteiger partial charge in [-0.15, -0.1) is 24.0 Å². The second-order valence-corrected chi connectivity index (χ2v) is 5.19. The number of ether oxygens (including phenoxy) is 1. The first-order chi connectivity index (χ1) is 8.69. The second kappa shape index (κ2) is 10.7. The predicted molar refractivity (Wildman–Crippen MR) is 92.5 cm³/mol. The molecule has 0 amide bonds. The van der Waals surface area contributed by atoms with E-state index < -0.39 is 0 Å². The molecule has 4 nitrogen and oxygen atoms in total. The maximum Gasteiger partial charge on any atom is 0.193 e. The van der Waals surface area contributed by atoms with E-state index in [9.17, 15) is 0 Å². The number of hydrogen-bond donors (Lipinski definition) is 1. The first-order valence-electron chi connectivity index (χ1n) is 7.26. The molecular formula is C14H30IN3O. The van der Waals surface area contributed by atoms with Crippen LogP contribution in [0, 0.1) is 5.92 Å². The third kappa shape index (κ3) is 6.79. The first-order valence-corrected chi connectivity index (χ1v) is 7.26. The Morgan fingerprint density at radius 2 is 1.95 bits per heavy atom. The fourth-order valence-corrected chi connectivity index (χ4v) is 2.41. The SMILES string of the molecule is CCOC(CCNC(=NC)N1CCCC1)C(C)C.I. The zero-order valence-electron chi connectivity index (χ0n) is 12.8. The van der Waals surface area contributed by atoms with Crippen LogP contribution in [0.15, 0.2) is 4.99 Å². The van der Waals surface area contributed by atoms with Gasteiger partial charge in [0, 0.05) is 33.3 Å². The van der Waals surface area contributed by atoms with Crippen molar-refractivity contribution in [1.29, 1.82) is 0 Å². The number of guanidine groups is 1. The molecule has 0 aromatic carbocycles. The summed E-state index contributed by atoms with van der Waals surface area (Å²) in [5.41, 5.74) is 0. The molecule has 1 aliphatic heterocycles. The fraction of sp³-hybridized carbons (Fsp3) is 0.929. The first kappa shape index (κ1) is 19.0. The number of halogens is 1. The van der Waals surface area contributed by atoms with Crippen LogP contribution in [0.1, 0.15) is 40.0 Å². The van der Waals surface area contributed by atoms with Crippen molar-refractivity contribution in [2.24, 2.45) is 10.9 Å². The Balaban J connectivity index is 0.00000324. The molecule has 0 radical (unpaired) electrons. The standard InChI is InChI=1S/C14H29N3O.HI/c1-5-18-13(12(2)3)8-9-16-14(15-4)17-10-6-7-11-17;/h12-13H,5-11H2,1-4H3,(H,15,16);1H. The van der Waals surface area contributed by atoms with Gasteiger partial charge in [0.25, 0.3) is 0 Å². The van der Waals surface area contributed by atoms with E-state index in [2.05, 4.69) is 36.0 Å². The smallest absolute Gasteiger partial charge is 0.193 e. The molecule has 0 bridgehead atoms. The summed E-state index contributed by atoms with van der Waals surface area (Å²) in [5, 5.41) is 3.45. The Bertz CT molecular complexity index is 253. The van der Waals surface area contributed by atoms with Crippen molar-refractivity contribution in [3.63, 3.8) is 0 Å². The van der Waals surface area contributed by atoms with Crippen molar-refractivity contribution in [3.05, 3.63) is 0 Å². The van der Waals surface area contributed by atoms with E-state index in [1.54, 1.807) is 0 Å². The molecule has 0 spiro atoms. The Hall–Kier alpha value is -0.0400. The van der Waals surface area contributed by atoms with Crippen molar-refractivity contribution >= 4 is 29.9 Å². The highest BCUT2D eigenvalue weighted by atomic mass is 127. The average molecular weight is 383 g/mol. The molecule has 1 atom stereocenters. The van der Waals surface area contributed by atoms with Gasteiger partial charge in [-0.2, -0.15) is 0 Å². The van der Waals surface area contributed by atoms with Crippen LogP contribution in [0.4, 0.5) is 0 Å². The van der Waals surface area contributed by atoms with Gasteiger partial charge < -0.3 is 15.0 Å². The Labute approximate surface area is 135 Å². The normalized spacial score (nSPS) is 17.5. The zero-order chi connectivity index (χ0) is 13.4. The minimum absolute atomic E-state index is 0. The predicted octanol–water partition coefficient (Wildman–Crippen LogP) is 2.73. The van der Waals surface area contributed by atoms with Crippen molar-refractivity contribution in [3.8, 4) is 0 Å². The van der Waals surface area contributed by atoms with E-state index in [0.29, 0.717) is 12.0 Å². The number of rotatable bonds is 6. The Morgan fingerprint density at radius 1 is 1.32 bits per heavy atom. The molecule has 19 heavy (non-hydrogen) atoms. The van der Waals surface area contributed by atoms with Gasteiger partial charge in [0.1, 0.15) is 0 Å². The Morgan fingerprint density at radius 3 is 2.42 bits per heavy atom. The lowest BCUT2D eigenvalue weighted by Crippen LogP contribution is -2.41. The summed E-state index contributed by atoms with van der Waals surface area (Å²) in [7, 11) is 1.86. The van der Waals surface area contributed by atoms with Crippen LogP contribution < -0.4 is 5.32 Å². The van der Waals surface area contributed by atoms with Gasteiger partial charge in [-0.25, -0.2) is 0 Å². The summed E-state index contributed by atoms with van der Waals surface area (Å²) in [5.74, 6) is 1.62. The molecule has 1 heterocycles. The molecule has 0 aromatic rings. The summed E-state index contributed by atoms with van der Waals surface area (Å²) < 4.78 is 5.75. The number of likely N-dealkylation sites (tertiary alicyclic amines) is 1. The van der Waals surface area contributed by atoms with Gasteiger partial charge in [0.05, 0.1) is 6.10 Å². The lowest BCUT2D eigenvalue weighted by molar-refractivity contribution is 0.0257. The summed E-state index contributed by atoms with van der Waals surface area (Å²) in [4.78, 5) is 6.69. The van der Waals surface area contributed by atoms with Crippen LogP contribution in [0.3, 0.4) is 0 Å². The van der Waals surface area contributed by atoms with Crippen LogP contribution in [0.2, 0.25) is 0 Å². The monoisotopic (exact) mass is 383 g/mol. The van der Waals surface area contributed by atoms with E-state index in [0.717, 1.165) is 38.6 Å². The third-order valence-electron chi connectivity index (χ3n) is 3.45. The molecule has 114 valence electrons. The van der Waals surface area contributed by atoms with E-state index >= 15 is 0 Å². The van der Waals surface area contributed by atoms with Crippen molar-refractivity contribution in [2.45, 2.75) is 46.1 Å². The highest BCUT2D eigenvalue weighted by molar-refractivity contribution is 14.0. The third-order valence-corrected chi connectivity index (χ3v) is 3.45. The number of hydrogen-bond acceptors (Lipinski definition) is 2. The van der Waals surface area contributed by atoms with Gasteiger partial charge in [-0.3, -0.25) is 4.99 Å². The maximum atomic E-state index is 5.75. The summed E-state index contributed by atoms with van der Waals surface area (Å²) in [6, 6.07) is 0. The number of aliphatic imine (C=N–C) groups is 1. The molecule has 1 N–H and O–H groups in total. The summed E-state index contributed by atoms with van der Waals surface area (Å²) >= 11 is 0. The zero-order valence-corrected chi connectivity index (χ0v) is 15.1. The van der Waals surface area contributed by atoms with Gasteiger partial charge in [-0.05, 0) is 32.1 Å². The molecule has 1 unspecified atom stereocenters. The number of nitrogens with one attached hydrogen (secondary N) is 1. The van der Waals surface area contributed by atoms with E-state index in [1.807, 2.05) is 7.05 Å². The summed E-state index contributed by atoms with van der Waals surface area (Å²) in [6.07, 6.45) is 3.96. The van der Waals surface area contributed by atoms with Gasteiger partial charge in [-0.1, -0.05) is 13.8 Å². The second-order valence-electron chi connectivity index (χ2n) is 5.19. The van der Waals surface area contributed by atoms with E-state index in [4.69, 9.17) is 4.74 Å². The van der Waals surface area contributed by atoms with Crippen molar-refractivity contribution in [1.82, 2.24) is 10.2 Å². The molecule has 1 aliphatic rings. The summed E-state index contributed by atoms with van der Waals surface area (Å²) in [6.45, 7) is 10.5.